The number of ether oxygens (including phenoxy) is 4. The van der Waals surface area contributed by atoms with Crippen LogP contribution >= 0.6 is 22.6 Å². The standard InChI is InChI=1S/C21H18INO6/c1-3-27-18-11-13(4-9-17(18)28-12-19(24)26-2)10-16-21(25)29-20(23-16)14-5-7-15(22)8-6-14/h4-11H,3,12H2,1-2H3/b16-10-. The molecule has 8 heteroatoms. The summed E-state index contributed by atoms with van der Waals surface area (Å²) in [4.78, 5) is 27.8. The highest BCUT2D eigenvalue weighted by Crippen LogP contribution is 2.30. The first-order valence-electron chi connectivity index (χ1n) is 8.75. The average Bonchev–Trinajstić information content (AvgIpc) is 3.08. The molecule has 0 spiro atoms. The molecule has 0 fully saturated rings. The lowest BCUT2D eigenvalue weighted by atomic mass is 10.1. The summed E-state index contributed by atoms with van der Waals surface area (Å²) >= 11 is 2.20. The van der Waals surface area contributed by atoms with Gasteiger partial charge in [0.2, 0.25) is 5.90 Å². The molecule has 2 aromatic carbocycles. The van der Waals surface area contributed by atoms with Crippen LogP contribution < -0.4 is 9.47 Å². The maximum atomic E-state index is 12.2. The highest BCUT2D eigenvalue weighted by Gasteiger charge is 2.24. The average molecular weight is 507 g/mol. The first kappa shape index (κ1) is 20.8. The second kappa shape index (κ2) is 9.55. The van der Waals surface area contributed by atoms with Gasteiger partial charge in [0.05, 0.1) is 13.7 Å². The number of methoxy groups -OCH3 is 1. The fraction of sp³-hybridized carbons (Fsp3) is 0.190. The number of hydrogen-bond acceptors (Lipinski definition) is 7. The van der Waals surface area contributed by atoms with Crippen molar-refractivity contribution in [3.8, 4) is 11.5 Å². The van der Waals surface area contributed by atoms with E-state index in [4.69, 9.17) is 14.2 Å². The minimum absolute atomic E-state index is 0.184. The van der Waals surface area contributed by atoms with Gasteiger partial charge in [-0.25, -0.2) is 14.6 Å². The van der Waals surface area contributed by atoms with Crippen molar-refractivity contribution in [3.05, 3.63) is 62.9 Å². The molecule has 29 heavy (non-hydrogen) atoms. The first-order valence-corrected chi connectivity index (χ1v) is 9.83. The molecule has 0 aliphatic carbocycles. The molecular weight excluding hydrogens is 489 g/mol. The molecule has 1 heterocycles. The molecule has 1 aliphatic heterocycles. The largest absolute Gasteiger partial charge is 0.490 e. The molecule has 0 amide bonds. The summed E-state index contributed by atoms with van der Waals surface area (Å²) in [6, 6.07) is 12.6. The van der Waals surface area contributed by atoms with E-state index in [-0.39, 0.29) is 18.2 Å². The highest BCUT2D eigenvalue weighted by molar-refractivity contribution is 14.1. The van der Waals surface area contributed by atoms with Crippen LogP contribution in [-0.2, 0) is 19.1 Å². The van der Waals surface area contributed by atoms with Gasteiger partial charge in [-0.05, 0) is 77.6 Å². The second-order valence-electron chi connectivity index (χ2n) is 5.85. The predicted molar refractivity (Wildman–Crippen MR) is 115 cm³/mol. The zero-order valence-corrected chi connectivity index (χ0v) is 18.0. The van der Waals surface area contributed by atoms with Crippen LogP contribution in [-0.4, -0.2) is 38.2 Å². The van der Waals surface area contributed by atoms with Crippen molar-refractivity contribution in [1.29, 1.82) is 0 Å². The summed E-state index contributed by atoms with van der Waals surface area (Å²) in [5.74, 6) is 0.0866. The fourth-order valence-corrected chi connectivity index (χ4v) is 2.84. The molecule has 0 N–H and O–H groups in total. The van der Waals surface area contributed by atoms with E-state index in [1.54, 1.807) is 24.3 Å². The van der Waals surface area contributed by atoms with Crippen LogP contribution in [0.25, 0.3) is 6.08 Å². The summed E-state index contributed by atoms with van der Waals surface area (Å²) in [5.41, 5.74) is 1.59. The Hall–Kier alpha value is -2.88. The van der Waals surface area contributed by atoms with E-state index in [0.29, 0.717) is 23.7 Å². The quantitative estimate of drug-likeness (QED) is 0.324. The molecule has 0 atom stereocenters. The maximum absolute atomic E-state index is 12.2. The molecule has 0 radical (unpaired) electrons. The SMILES string of the molecule is CCOc1cc(/C=C2\N=C(c3ccc(I)cc3)OC2=O)ccc1OCC(=O)OC. The molecule has 0 saturated heterocycles. The van der Waals surface area contributed by atoms with Crippen molar-refractivity contribution in [3.63, 3.8) is 0 Å². The molecule has 0 aromatic heterocycles. The Labute approximate surface area is 181 Å². The van der Waals surface area contributed by atoms with Crippen molar-refractivity contribution >= 4 is 46.5 Å². The number of aliphatic imine (C=N–C) groups is 1. The lowest BCUT2D eigenvalue weighted by Crippen LogP contribution is -2.13. The molecule has 0 unspecified atom stereocenters. The van der Waals surface area contributed by atoms with E-state index in [0.717, 1.165) is 9.13 Å². The van der Waals surface area contributed by atoms with Crippen LogP contribution in [0, 0.1) is 3.57 Å². The molecule has 3 rings (SSSR count). The normalized spacial score (nSPS) is 14.4. The summed E-state index contributed by atoms with van der Waals surface area (Å²) in [7, 11) is 1.29. The third-order valence-electron chi connectivity index (χ3n) is 3.86. The van der Waals surface area contributed by atoms with Crippen molar-refractivity contribution in [2.75, 3.05) is 20.3 Å². The number of nitrogens with zero attached hydrogens (tertiary/aromatic N) is 1. The van der Waals surface area contributed by atoms with E-state index in [1.807, 2.05) is 31.2 Å². The molecule has 0 bridgehead atoms. The maximum Gasteiger partial charge on any atom is 0.363 e. The number of carbonyl (C=O) groups excluding carboxylic acids is 2. The summed E-state index contributed by atoms with van der Waals surface area (Å²) in [6.07, 6.45) is 1.61. The smallest absolute Gasteiger partial charge is 0.363 e. The third-order valence-corrected chi connectivity index (χ3v) is 4.58. The van der Waals surface area contributed by atoms with Gasteiger partial charge in [-0.3, -0.25) is 0 Å². The number of halogens is 1. The zero-order chi connectivity index (χ0) is 20.8. The number of hydrogen-bond donors (Lipinski definition) is 0. The third kappa shape index (κ3) is 5.35. The number of rotatable bonds is 7. The van der Waals surface area contributed by atoms with E-state index in [1.165, 1.54) is 7.11 Å². The fourth-order valence-electron chi connectivity index (χ4n) is 2.48. The summed E-state index contributed by atoms with van der Waals surface area (Å²) in [5, 5.41) is 0. The van der Waals surface area contributed by atoms with Gasteiger partial charge in [0.15, 0.2) is 23.8 Å². The van der Waals surface area contributed by atoms with Crippen LogP contribution in [0.1, 0.15) is 18.1 Å². The Morgan fingerprint density at radius 1 is 1.14 bits per heavy atom. The van der Waals surface area contributed by atoms with Crippen LogP contribution in [0.2, 0.25) is 0 Å². The zero-order valence-electron chi connectivity index (χ0n) is 15.8. The van der Waals surface area contributed by atoms with Gasteiger partial charge in [0, 0.05) is 9.13 Å². The summed E-state index contributed by atoms with van der Waals surface area (Å²) in [6.45, 7) is 2.01. The van der Waals surface area contributed by atoms with Gasteiger partial charge in [-0.15, -0.1) is 0 Å². The van der Waals surface area contributed by atoms with Crippen molar-refractivity contribution in [2.45, 2.75) is 6.92 Å². The van der Waals surface area contributed by atoms with E-state index < -0.39 is 11.9 Å². The van der Waals surface area contributed by atoms with Crippen LogP contribution in [0.5, 0.6) is 11.5 Å². The molecular formula is C21H18INO6. The predicted octanol–water partition coefficient (Wildman–Crippen LogP) is 3.59. The Morgan fingerprint density at radius 3 is 2.59 bits per heavy atom. The highest BCUT2D eigenvalue weighted by atomic mass is 127. The van der Waals surface area contributed by atoms with Crippen molar-refractivity contribution in [2.24, 2.45) is 4.99 Å². The van der Waals surface area contributed by atoms with E-state index in [9.17, 15) is 9.59 Å². The lowest BCUT2D eigenvalue weighted by molar-refractivity contribution is -0.143. The molecule has 2 aromatic rings. The summed E-state index contributed by atoms with van der Waals surface area (Å²) < 4.78 is 21.9. The molecule has 0 saturated carbocycles. The number of esters is 2. The number of carbonyl (C=O) groups is 2. The minimum atomic E-state index is -0.525. The van der Waals surface area contributed by atoms with Crippen LogP contribution in [0.3, 0.4) is 0 Å². The van der Waals surface area contributed by atoms with Crippen molar-refractivity contribution < 1.29 is 28.5 Å². The Morgan fingerprint density at radius 2 is 1.90 bits per heavy atom. The van der Waals surface area contributed by atoms with Gasteiger partial charge in [-0.1, -0.05) is 6.07 Å². The molecule has 150 valence electrons. The first-order chi connectivity index (χ1) is 14.0. The molecule has 7 nitrogen and oxygen atoms in total. The van der Waals surface area contributed by atoms with Gasteiger partial charge >= 0.3 is 11.9 Å². The number of cyclic esters (lactones) is 1. The van der Waals surface area contributed by atoms with E-state index in [2.05, 4.69) is 32.3 Å². The topological polar surface area (TPSA) is 83.4 Å². The van der Waals surface area contributed by atoms with Gasteiger partial charge in [0.1, 0.15) is 0 Å². The number of benzene rings is 2. The van der Waals surface area contributed by atoms with Gasteiger partial charge in [0.25, 0.3) is 0 Å². The lowest BCUT2D eigenvalue weighted by Gasteiger charge is -2.11. The Kier molecular flexibility index (Phi) is 6.86. The Bertz CT molecular complexity index is 981. The van der Waals surface area contributed by atoms with Crippen LogP contribution in [0.4, 0.5) is 0 Å². The van der Waals surface area contributed by atoms with Gasteiger partial charge < -0.3 is 18.9 Å². The van der Waals surface area contributed by atoms with E-state index >= 15 is 0 Å². The van der Waals surface area contributed by atoms with Crippen molar-refractivity contribution in [1.82, 2.24) is 0 Å². The minimum Gasteiger partial charge on any atom is -0.490 e. The Balaban J connectivity index is 1.84. The van der Waals surface area contributed by atoms with Gasteiger partial charge in [-0.2, -0.15) is 0 Å². The molecule has 1 aliphatic rings. The second-order valence-corrected chi connectivity index (χ2v) is 7.09. The monoisotopic (exact) mass is 507 g/mol. The van der Waals surface area contributed by atoms with Crippen LogP contribution in [0.15, 0.2) is 53.2 Å².